The second-order valence-electron chi connectivity index (χ2n) is 5.30. The number of pyridine rings is 1. The summed E-state index contributed by atoms with van der Waals surface area (Å²) in [5, 5.41) is 14.4. The van der Waals surface area contributed by atoms with E-state index in [4.69, 9.17) is 4.42 Å². The summed E-state index contributed by atoms with van der Waals surface area (Å²) < 4.78 is 7.29. The number of aromatic nitrogens is 3. The van der Waals surface area contributed by atoms with E-state index in [1.807, 2.05) is 54.7 Å². The minimum Gasteiger partial charge on any atom is -0.507 e. The van der Waals surface area contributed by atoms with Crippen LogP contribution in [0.3, 0.4) is 0 Å². The van der Waals surface area contributed by atoms with E-state index in [0.29, 0.717) is 22.1 Å². The van der Waals surface area contributed by atoms with E-state index in [1.54, 1.807) is 29.2 Å². The molecular formula is C20H14IrN3O2-. The molecule has 6 heteroatoms. The summed E-state index contributed by atoms with van der Waals surface area (Å²) in [6.07, 6.45) is 5.33. The van der Waals surface area contributed by atoms with Crippen molar-refractivity contribution >= 4 is 22.1 Å². The zero-order chi connectivity index (χ0) is 17.1. The molecule has 5 rings (SSSR count). The maximum Gasteiger partial charge on any atom is 0.154 e. The van der Waals surface area contributed by atoms with Crippen LogP contribution in [0.1, 0.15) is 0 Å². The van der Waals surface area contributed by atoms with E-state index in [2.05, 4.69) is 16.1 Å². The van der Waals surface area contributed by atoms with Gasteiger partial charge in [-0.3, -0.25) is 9.67 Å². The first-order valence-corrected chi connectivity index (χ1v) is 7.75. The van der Waals surface area contributed by atoms with Gasteiger partial charge in [0.05, 0.1) is 5.39 Å². The molecule has 3 aromatic heterocycles. The van der Waals surface area contributed by atoms with Crippen molar-refractivity contribution in [3.8, 4) is 11.4 Å². The maximum absolute atomic E-state index is 9.66. The molecule has 0 bridgehead atoms. The summed E-state index contributed by atoms with van der Waals surface area (Å²) in [5.41, 5.74) is 3.04. The van der Waals surface area contributed by atoms with Crippen molar-refractivity contribution in [2.45, 2.75) is 0 Å². The Bertz CT molecular complexity index is 1110. The molecule has 131 valence electrons. The number of hydrogen-bond donors (Lipinski definition) is 1. The molecule has 5 nitrogen and oxygen atoms in total. The molecule has 26 heavy (non-hydrogen) atoms. The Hall–Kier alpha value is -2.95. The van der Waals surface area contributed by atoms with Gasteiger partial charge in [0.25, 0.3) is 0 Å². The van der Waals surface area contributed by atoms with Crippen molar-refractivity contribution in [2.75, 3.05) is 0 Å². The molecular weight excluding hydrogens is 506 g/mol. The predicted molar refractivity (Wildman–Crippen MR) is 95.6 cm³/mol. The van der Waals surface area contributed by atoms with Gasteiger partial charge in [0.1, 0.15) is 16.8 Å². The van der Waals surface area contributed by atoms with Gasteiger partial charge in [-0.05, 0) is 36.0 Å². The molecule has 0 spiro atoms. The third kappa shape index (κ3) is 3.52. The monoisotopic (exact) mass is 521 g/mol. The van der Waals surface area contributed by atoms with Crippen molar-refractivity contribution < 1.29 is 29.6 Å². The zero-order valence-electron chi connectivity index (χ0n) is 13.5. The van der Waals surface area contributed by atoms with Gasteiger partial charge < -0.3 is 9.52 Å². The SMILES string of the molecule is Oc1cccc2oc3cccnc3c12.[Ir].[c-]1ccccc1-n1cccn1. The number of phenols is 1. The van der Waals surface area contributed by atoms with Crippen molar-refractivity contribution in [1.29, 1.82) is 0 Å². The average molecular weight is 521 g/mol. The number of fused-ring (bicyclic) bond motifs is 3. The molecule has 0 aliphatic carbocycles. The molecule has 0 unspecified atom stereocenters. The number of phenolic OH excluding ortho intramolecular Hbond substituents is 1. The molecule has 0 saturated carbocycles. The third-order valence-electron chi connectivity index (χ3n) is 3.68. The molecule has 2 aromatic carbocycles. The summed E-state index contributed by atoms with van der Waals surface area (Å²) in [6, 6.07) is 21.5. The number of para-hydroxylation sites is 1. The van der Waals surface area contributed by atoms with E-state index in [-0.39, 0.29) is 25.9 Å². The number of furan rings is 1. The largest absolute Gasteiger partial charge is 0.507 e. The molecule has 0 saturated heterocycles. The topological polar surface area (TPSA) is 64.1 Å². The predicted octanol–water partition coefficient (Wildman–Crippen LogP) is 4.36. The Morgan fingerprint density at radius 2 is 1.81 bits per heavy atom. The Kier molecular flexibility index (Phi) is 5.46. The molecule has 1 radical (unpaired) electrons. The third-order valence-corrected chi connectivity index (χ3v) is 3.68. The van der Waals surface area contributed by atoms with E-state index >= 15 is 0 Å². The van der Waals surface area contributed by atoms with Gasteiger partial charge in [-0.1, -0.05) is 6.07 Å². The summed E-state index contributed by atoms with van der Waals surface area (Å²) >= 11 is 0. The second kappa shape index (κ2) is 7.95. The van der Waals surface area contributed by atoms with Gasteiger partial charge in [0.2, 0.25) is 0 Å². The Balaban J connectivity index is 0.000000149. The van der Waals surface area contributed by atoms with Gasteiger partial charge >= 0.3 is 0 Å². The van der Waals surface area contributed by atoms with E-state index in [0.717, 1.165) is 5.69 Å². The van der Waals surface area contributed by atoms with Crippen LogP contribution in [-0.2, 0) is 20.1 Å². The van der Waals surface area contributed by atoms with Crippen LogP contribution in [0.4, 0.5) is 0 Å². The molecule has 0 amide bonds. The van der Waals surface area contributed by atoms with Crippen LogP contribution in [0.2, 0.25) is 0 Å². The number of rotatable bonds is 1. The second-order valence-corrected chi connectivity index (χ2v) is 5.30. The minimum absolute atomic E-state index is 0. The minimum atomic E-state index is 0. The molecule has 0 aliphatic rings. The fourth-order valence-electron chi connectivity index (χ4n) is 2.56. The number of nitrogens with zero attached hydrogens (tertiary/aromatic N) is 3. The molecule has 3 heterocycles. The molecule has 0 atom stereocenters. The van der Waals surface area contributed by atoms with E-state index in [1.165, 1.54) is 0 Å². The van der Waals surface area contributed by atoms with Crippen LogP contribution in [0.25, 0.3) is 27.8 Å². The van der Waals surface area contributed by atoms with Gasteiger partial charge in [-0.2, -0.15) is 29.4 Å². The molecule has 5 aromatic rings. The number of aromatic hydroxyl groups is 1. The van der Waals surface area contributed by atoms with Crippen LogP contribution in [0.15, 0.2) is 83.7 Å². The first-order valence-electron chi connectivity index (χ1n) is 7.75. The molecule has 0 fully saturated rings. The number of benzene rings is 2. The number of hydrogen-bond acceptors (Lipinski definition) is 4. The van der Waals surface area contributed by atoms with E-state index < -0.39 is 0 Å². The van der Waals surface area contributed by atoms with Crippen molar-refractivity contribution in [1.82, 2.24) is 14.8 Å². The Labute approximate surface area is 163 Å². The fraction of sp³-hybridized carbons (Fsp3) is 0. The standard InChI is InChI=1S/C11H7NO2.C9H7N2.Ir/c13-7-3-1-4-8-10(7)11-9(14-8)5-2-6-12-11;1-2-5-9(6-3-1)11-8-4-7-10-11;/h1-6,13H;1-5,7-8H;/q;-1;. The van der Waals surface area contributed by atoms with Crippen LogP contribution in [0, 0.1) is 6.07 Å². The quantitative estimate of drug-likeness (QED) is 0.334. The van der Waals surface area contributed by atoms with Crippen LogP contribution in [0.5, 0.6) is 5.75 Å². The smallest absolute Gasteiger partial charge is 0.154 e. The van der Waals surface area contributed by atoms with Gasteiger partial charge in [-0.15, -0.1) is 6.07 Å². The van der Waals surface area contributed by atoms with Crippen molar-refractivity contribution in [2.24, 2.45) is 0 Å². The first-order chi connectivity index (χ1) is 12.3. The van der Waals surface area contributed by atoms with Crippen LogP contribution in [-0.4, -0.2) is 19.9 Å². The maximum atomic E-state index is 9.66. The zero-order valence-corrected chi connectivity index (χ0v) is 15.9. The van der Waals surface area contributed by atoms with E-state index in [9.17, 15) is 5.11 Å². The summed E-state index contributed by atoms with van der Waals surface area (Å²) in [5.74, 6) is 0.208. The van der Waals surface area contributed by atoms with Crippen molar-refractivity contribution in [3.63, 3.8) is 0 Å². The molecule has 1 N–H and O–H groups in total. The van der Waals surface area contributed by atoms with Crippen molar-refractivity contribution in [3.05, 3.63) is 85.3 Å². The van der Waals surface area contributed by atoms with Gasteiger partial charge in [-0.25, -0.2) is 0 Å². The van der Waals surface area contributed by atoms with Crippen LogP contribution >= 0.6 is 0 Å². The van der Waals surface area contributed by atoms with Gasteiger partial charge in [0, 0.05) is 38.7 Å². The first kappa shape index (κ1) is 17.9. The normalized spacial score (nSPS) is 10.2. The van der Waals surface area contributed by atoms with Gasteiger partial charge in [0.15, 0.2) is 5.58 Å². The fourth-order valence-corrected chi connectivity index (χ4v) is 2.56. The van der Waals surface area contributed by atoms with Crippen LogP contribution < -0.4 is 0 Å². The average Bonchev–Trinajstić information content (AvgIpc) is 3.31. The Morgan fingerprint density at radius 1 is 0.923 bits per heavy atom. The summed E-state index contributed by atoms with van der Waals surface area (Å²) in [4.78, 5) is 4.18. The summed E-state index contributed by atoms with van der Waals surface area (Å²) in [7, 11) is 0. The Morgan fingerprint density at radius 3 is 2.58 bits per heavy atom. The molecule has 0 aliphatic heterocycles. The summed E-state index contributed by atoms with van der Waals surface area (Å²) in [6.45, 7) is 0.